The maximum atomic E-state index is 11.2. The first kappa shape index (κ1) is 11.4. The van der Waals surface area contributed by atoms with Gasteiger partial charge in [-0.25, -0.2) is 4.79 Å². The minimum atomic E-state index is -0.852. The number of carboxylic acid groups (broad SMARTS) is 1. The largest absolute Gasteiger partial charge is 0.481 e. The smallest absolute Gasteiger partial charge is 0.315 e. The number of carbonyl (C=O) groups excluding carboxylic acids is 1. The summed E-state index contributed by atoms with van der Waals surface area (Å²) in [4.78, 5) is 22.0. The number of aliphatic carboxylic acids is 1. The molecular weight excluding hydrogens is 196 g/mol. The Hall–Kier alpha value is -1.70. The molecule has 0 aromatic rings. The Kier molecular flexibility index (Phi) is 3.98. The number of rotatable bonds is 3. The van der Waals surface area contributed by atoms with Gasteiger partial charge in [0.1, 0.15) is 0 Å². The van der Waals surface area contributed by atoms with E-state index in [2.05, 4.69) is 16.6 Å². The number of carbonyl (C=O) groups is 2. The van der Waals surface area contributed by atoms with Gasteiger partial charge in [-0.3, -0.25) is 4.79 Å². The fourth-order valence-electron chi connectivity index (χ4n) is 1.78. The molecule has 1 fully saturated rings. The highest BCUT2D eigenvalue weighted by atomic mass is 16.4. The number of urea groups is 1. The van der Waals surface area contributed by atoms with Crippen molar-refractivity contribution in [2.45, 2.75) is 25.3 Å². The number of amides is 2. The van der Waals surface area contributed by atoms with Crippen LogP contribution < -0.4 is 10.6 Å². The lowest BCUT2D eigenvalue weighted by molar-refractivity contribution is -0.142. The molecule has 2 unspecified atom stereocenters. The van der Waals surface area contributed by atoms with Crippen molar-refractivity contribution in [3.8, 4) is 12.3 Å². The summed E-state index contributed by atoms with van der Waals surface area (Å²) in [6.45, 7) is 0.149. The van der Waals surface area contributed by atoms with Crippen molar-refractivity contribution >= 4 is 12.0 Å². The average molecular weight is 210 g/mol. The van der Waals surface area contributed by atoms with E-state index in [0.29, 0.717) is 12.8 Å². The van der Waals surface area contributed by atoms with E-state index in [4.69, 9.17) is 11.5 Å². The van der Waals surface area contributed by atoms with Gasteiger partial charge in [-0.1, -0.05) is 12.3 Å². The number of terminal acetylenes is 1. The normalized spacial score (nSPS) is 24.2. The van der Waals surface area contributed by atoms with E-state index in [1.165, 1.54) is 0 Å². The van der Waals surface area contributed by atoms with Crippen molar-refractivity contribution in [2.75, 3.05) is 6.54 Å². The second-order valence-corrected chi connectivity index (χ2v) is 3.51. The van der Waals surface area contributed by atoms with Crippen molar-refractivity contribution < 1.29 is 14.7 Å². The Bertz CT molecular complexity index is 296. The van der Waals surface area contributed by atoms with Gasteiger partial charge in [-0.2, -0.15) is 0 Å². The third-order valence-corrected chi connectivity index (χ3v) is 2.50. The van der Waals surface area contributed by atoms with E-state index < -0.39 is 17.9 Å². The average Bonchev–Trinajstić information content (AvgIpc) is 2.62. The molecular formula is C10H14N2O3. The zero-order chi connectivity index (χ0) is 11.3. The molecule has 3 N–H and O–H groups in total. The molecule has 15 heavy (non-hydrogen) atoms. The number of carboxylic acids is 1. The monoisotopic (exact) mass is 210 g/mol. The number of hydrogen-bond acceptors (Lipinski definition) is 2. The second kappa shape index (κ2) is 5.25. The molecule has 5 heteroatoms. The van der Waals surface area contributed by atoms with Crippen molar-refractivity contribution in [3.63, 3.8) is 0 Å². The number of nitrogens with one attached hydrogen (secondary N) is 2. The molecule has 0 radical (unpaired) electrons. The summed E-state index contributed by atoms with van der Waals surface area (Å²) in [5, 5.41) is 13.9. The van der Waals surface area contributed by atoms with Gasteiger partial charge in [-0.05, 0) is 12.8 Å². The molecule has 5 nitrogen and oxygen atoms in total. The molecule has 0 heterocycles. The van der Waals surface area contributed by atoms with E-state index in [0.717, 1.165) is 6.42 Å². The van der Waals surface area contributed by atoms with Gasteiger partial charge in [0.05, 0.1) is 12.5 Å². The van der Waals surface area contributed by atoms with E-state index in [-0.39, 0.29) is 12.6 Å². The highest BCUT2D eigenvalue weighted by Crippen LogP contribution is 2.25. The maximum Gasteiger partial charge on any atom is 0.315 e. The van der Waals surface area contributed by atoms with Gasteiger partial charge < -0.3 is 15.7 Å². The van der Waals surface area contributed by atoms with Gasteiger partial charge in [0.2, 0.25) is 0 Å². The minimum absolute atomic E-state index is 0.149. The topological polar surface area (TPSA) is 78.4 Å². The first-order chi connectivity index (χ1) is 7.15. The first-order valence-corrected chi connectivity index (χ1v) is 4.85. The summed E-state index contributed by atoms with van der Waals surface area (Å²) in [5.74, 6) is 0.946. The lowest BCUT2D eigenvalue weighted by atomic mass is 10.0. The minimum Gasteiger partial charge on any atom is -0.481 e. The van der Waals surface area contributed by atoms with Crippen LogP contribution in [-0.4, -0.2) is 29.7 Å². The zero-order valence-electron chi connectivity index (χ0n) is 8.32. The van der Waals surface area contributed by atoms with Crippen LogP contribution in [0.2, 0.25) is 0 Å². The predicted octanol–water partition coefficient (Wildman–Crippen LogP) is 0.172. The van der Waals surface area contributed by atoms with Crippen LogP contribution in [0.25, 0.3) is 0 Å². The summed E-state index contributed by atoms with van der Waals surface area (Å²) >= 11 is 0. The highest BCUT2D eigenvalue weighted by molar-refractivity contribution is 5.77. The lowest BCUT2D eigenvalue weighted by Gasteiger charge is -2.17. The molecule has 1 aliphatic carbocycles. The van der Waals surface area contributed by atoms with E-state index in [1.807, 2.05) is 0 Å². The molecule has 1 rings (SSSR count). The summed E-state index contributed by atoms with van der Waals surface area (Å²) in [5.41, 5.74) is 0. The van der Waals surface area contributed by atoms with Crippen LogP contribution in [0.15, 0.2) is 0 Å². The predicted molar refractivity (Wildman–Crippen MR) is 54.1 cm³/mol. The highest BCUT2D eigenvalue weighted by Gasteiger charge is 2.33. The molecule has 0 saturated heterocycles. The van der Waals surface area contributed by atoms with Crippen LogP contribution in [0.1, 0.15) is 19.3 Å². The molecule has 1 saturated carbocycles. The van der Waals surface area contributed by atoms with Gasteiger partial charge in [0.25, 0.3) is 0 Å². The van der Waals surface area contributed by atoms with Crippen LogP contribution in [0, 0.1) is 18.3 Å². The molecule has 0 aromatic heterocycles. The van der Waals surface area contributed by atoms with Gasteiger partial charge in [0, 0.05) is 6.04 Å². The molecule has 2 atom stereocenters. The molecule has 2 amide bonds. The number of hydrogen-bond donors (Lipinski definition) is 3. The van der Waals surface area contributed by atoms with Crippen LogP contribution in [-0.2, 0) is 4.79 Å². The molecule has 82 valence electrons. The second-order valence-electron chi connectivity index (χ2n) is 3.51. The SMILES string of the molecule is C#CCNC(=O)NC1CCCC1C(=O)O. The van der Waals surface area contributed by atoms with E-state index >= 15 is 0 Å². The zero-order valence-corrected chi connectivity index (χ0v) is 8.32. The van der Waals surface area contributed by atoms with Crippen molar-refractivity contribution in [2.24, 2.45) is 5.92 Å². The lowest BCUT2D eigenvalue weighted by Crippen LogP contribution is -2.45. The van der Waals surface area contributed by atoms with Gasteiger partial charge >= 0.3 is 12.0 Å². The van der Waals surface area contributed by atoms with Gasteiger partial charge in [-0.15, -0.1) is 6.42 Å². The summed E-state index contributed by atoms with van der Waals surface area (Å²) in [6.07, 6.45) is 7.13. The molecule has 0 aromatic carbocycles. The van der Waals surface area contributed by atoms with Crippen LogP contribution in [0.3, 0.4) is 0 Å². The van der Waals surface area contributed by atoms with E-state index in [1.54, 1.807) is 0 Å². The Morgan fingerprint density at radius 2 is 2.20 bits per heavy atom. The molecule has 0 aliphatic heterocycles. The van der Waals surface area contributed by atoms with Crippen LogP contribution in [0.5, 0.6) is 0 Å². The third-order valence-electron chi connectivity index (χ3n) is 2.50. The summed E-state index contributed by atoms with van der Waals surface area (Å²) in [6, 6.07) is -0.675. The van der Waals surface area contributed by atoms with Crippen LogP contribution in [0.4, 0.5) is 4.79 Å². The fraction of sp³-hybridized carbons (Fsp3) is 0.600. The first-order valence-electron chi connectivity index (χ1n) is 4.85. The third kappa shape index (κ3) is 3.17. The summed E-state index contributed by atoms with van der Waals surface area (Å²) in [7, 11) is 0. The molecule has 1 aliphatic rings. The van der Waals surface area contributed by atoms with E-state index in [9.17, 15) is 9.59 Å². The fourth-order valence-corrected chi connectivity index (χ4v) is 1.78. The van der Waals surface area contributed by atoms with Crippen molar-refractivity contribution in [1.29, 1.82) is 0 Å². The molecule has 0 bridgehead atoms. The Morgan fingerprint density at radius 3 is 2.80 bits per heavy atom. The Balaban J connectivity index is 2.40. The van der Waals surface area contributed by atoms with Gasteiger partial charge in [0.15, 0.2) is 0 Å². The van der Waals surface area contributed by atoms with Crippen LogP contribution >= 0.6 is 0 Å². The summed E-state index contributed by atoms with van der Waals surface area (Å²) < 4.78 is 0. The Morgan fingerprint density at radius 1 is 1.47 bits per heavy atom. The molecule has 0 spiro atoms. The Labute approximate surface area is 88.2 Å². The van der Waals surface area contributed by atoms with Crippen molar-refractivity contribution in [3.05, 3.63) is 0 Å². The van der Waals surface area contributed by atoms with Crippen molar-refractivity contribution in [1.82, 2.24) is 10.6 Å². The maximum absolute atomic E-state index is 11.2. The standard InChI is InChI=1S/C10H14N2O3/c1-2-6-11-10(15)12-8-5-3-4-7(8)9(13)14/h1,7-8H,3-6H2,(H,13,14)(H2,11,12,15). The quantitative estimate of drug-likeness (QED) is 0.581.